The van der Waals surface area contributed by atoms with Crippen molar-refractivity contribution in [1.29, 1.82) is 0 Å². The van der Waals surface area contributed by atoms with Crippen molar-refractivity contribution in [2.24, 2.45) is 0 Å². The molecule has 48 N–H and O–H groups in total. The highest BCUT2D eigenvalue weighted by Crippen LogP contribution is 1.59. The Kier molecular flexibility index (Phi) is 498. The van der Waals surface area contributed by atoms with Gasteiger partial charge in [0.15, 0.2) is 0 Å². The van der Waals surface area contributed by atoms with Gasteiger partial charge in [0.1, 0.15) is 0 Å². The first-order valence-electron chi connectivity index (χ1n) is 4.41. The first-order valence-corrected chi connectivity index (χ1v) is 4.41. The lowest BCUT2D eigenvalue weighted by molar-refractivity contribution is 0.338. The van der Waals surface area contributed by atoms with Crippen LogP contribution in [-0.2, 0) is 0 Å². The van der Waals surface area contributed by atoms with E-state index in [4.69, 9.17) is 60.3 Å². The fraction of sp³-hybridized carbons (Fsp3) is 0. The highest BCUT2D eigenvalue weighted by molar-refractivity contribution is 6.32. The van der Waals surface area contributed by atoms with Crippen molar-refractivity contribution in [2.75, 3.05) is 0 Å². The summed E-state index contributed by atoms with van der Waals surface area (Å²) < 4.78 is 60.7. The van der Waals surface area contributed by atoms with Gasteiger partial charge in [0, 0.05) is 0 Å². The largest absolute Gasteiger partial charge is 0.674 e. The van der Waals surface area contributed by atoms with Crippen molar-refractivity contribution >= 4 is 44.4 Å². The molecule has 0 atom stereocenters. The molecule has 0 unspecified atom stereocenters. The standard InChI is InChI=1S/6BFH2O2.12H3N/c6*2-1(3)4;;;;;;;;;;;;/h6*3-4H;12*1H3. The van der Waals surface area contributed by atoms with Gasteiger partial charge in [-0.25, -0.2) is 0 Å². The first kappa shape index (κ1) is 140. The molecule has 0 aliphatic carbocycles. The van der Waals surface area contributed by atoms with Gasteiger partial charge in [-0.05, 0) is 0 Å². The second-order valence-electron chi connectivity index (χ2n) is 1.86. The van der Waals surface area contributed by atoms with E-state index in [1.165, 1.54) is 0 Å². The molecule has 240 valence electrons. The third kappa shape index (κ3) is 34500. The lowest BCUT2D eigenvalue weighted by Crippen LogP contribution is -1.98. The third-order valence-corrected chi connectivity index (χ3v) is 0. The lowest BCUT2D eigenvalue weighted by Gasteiger charge is -1.65. The SMILES string of the molecule is N.N.N.N.N.N.N.N.N.N.N.N.OB(O)F.OB(O)F.OB(O)F.OB(O)F.OB(O)F.OB(O)F. The normalized spacial score (nSPS) is 4.50. The van der Waals surface area contributed by atoms with Gasteiger partial charge in [0.2, 0.25) is 0 Å². The zero-order valence-corrected chi connectivity index (χ0v) is 19.6. The van der Waals surface area contributed by atoms with Crippen LogP contribution in [0.2, 0.25) is 0 Å². The number of hydrogen-bond donors (Lipinski definition) is 24. The summed E-state index contributed by atoms with van der Waals surface area (Å²) in [7, 11) is -16.0. The van der Waals surface area contributed by atoms with Crippen molar-refractivity contribution in [3.05, 3.63) is 0 Å². The topological polar surface area (TPSA) is 663 Å². The van der Waals surface area contributed by atoms with Crippen LogP contribution in [0.5, 0.6) is 0 Å². The van der Waals surface area contributed by atoms with Gasteiger partial charge in [0.25, 0.3) is 0 Å². The van der Waals surface area contributed by atoms with E-state index in [1.807, 2.05) is 0 Å². The first-order chi connectivity index (χ1) is 10.4. The van der Waals surface area contributed by atoms with Crippen molar-refractivity contribution in [1.82, 2.24) is 73.8 Å². The minimum Gasteiger partial charge on any atom is -0.398 e. The van der Waals surface area contributed by atoms with Crippen molar-refractivity contribution in [2.45, 2.75) is 0 Å². The summed E-state index contributed by atoms with van der Waals surface area (Å²) in [5.74, 6) is 0. The Morgan fingerprint density at radius 2 is 0.194 bits per heavy atom. The van der Waals surface area contributed by atoms with E-state index >= 15 is 0 Å². The molecule has 0 aliphatic heterocycles. The summed E-state index contributed by atoms with van der Waals surface area (Å²) >= 11 is 0. The van der Waals surface area contributed by atoms with E-state index in [-0.39, 0.29) is 73.8 Å². The van der Waals surface area contributed by atoms with Gasteiger partial charge in [-0.2, -0.15) is 0 Å². The van der Waals surface area contributed by atoms with E-state index in [9.17, 15) is 25.9 Å². The summed E-state index contributed by atoms with van der Waals surface area (Å²) in [6.07, 6.45) is 0. The van der Waals surface area contributed by atoms with E-state index in [1.54, 1.807) is 0 Å². The fourth-order valence-corrected chi connectivity index (χ4v) is 0. The van der Waals surface area contributed by atoms with Gasteiger partial charge in [-0.3, -0.25) is 25.9 Å². The van der Waals surface area contributed by atoms with E-state index < -0.39 is 44.4 Å². The van der Waals surface area contributed by atoms with Crippen LogP contribution in [0.4, 0.5) is 25.9 Å². The Hall–Kier alpha value is -0.990. The Bertz CT molecular complexity index is 144. The van der Waals surface area contributed by atoms with Gasteiger partial charge >= 0.3 is 44.4 Å². The predicted octanol–water partition coefficient (Wildman–Crippen LogP) is -4.50. The van der Waals surface area contributed by atoms with Gasteiger partial charge in [0.05, 0.1) is 0 Å². The molecule has 0 aromatic carbocycles. The van der Waals surface area contributed by atoms with E-state index in [2.05, 4.69) is 0 Å². The Balaban J connectivity index is -0.00000000633. The van der Waals surface area contributed by atoms with Crippen LogP contribution in [0.15, 0.2) is 0 Å². The molecular formula is H48B6F6N12O12. The second-order valence-corrected chi connectivity index (χ2v) is 1.86. The molecule has 0 saturated heterocycles. The van der Waals surface area contributed by atoms with Crippen LogP contribution in [0, 0.1) is 0 Å². The summed E-state index contributed by atoms with van der Waals surface area (Å²) in [6, 6.07) is 0. The highest BCUT2D eigenvalue weighted by atomic mass is 19.1. The molecular weight excluding hydrogens is 539 g/mol. The molecule has 0 aromatic heterocycles. The Labute approximate surface area is 205 Å². The molecule has 0 radical (unpaired) electrons. The van der Waals surface area contributed by atoms with Gasteiger partial charge in [-0.1, -0.05) is 0 Å². The lowest BCUT2D eigenvalue weighted by atomic mass is 10.3. The maximum atomic E-state index is 10.1. The maximum absolute atomic E-state index is 10.1. The summed E-state index contributed by atoms with van der Waals surface area (Å²) in [5, 5.41) is 83.3. The zero-order valence-electron chi connectivity index (χ0n) is 19.6. The van der Waals surface area contributed by atoms with E-state index in [0.29, 0.717) is 0 Å². The minimum atomic E-state index is -2.67. The van der Waals surface area contributed by atoms with Crippen molar-refractivity contribution in [3.8, 4) is 0 Å². The number of rotatable bonds is 0. The predicted molar refractivity (Wildman–Crippen MR) is 128 cm³/mol. The maximum Gasteiger partial charge on any atom is 0.674 e. The monoisotopic (exact) mass is 588 g/mol. The second kappa shape index (κ2) is 128. The Morgan fingerprint density at radius 1 is 0.194 bits per heavy atom. The van der Waals surface area contributed by atoms with Crippen LogP contribution >= 0.6 is 0 Å². The van der Waals surface area contributed by atoms with Crippen LogP contribution < -0.4 is 73.8 Å². The molecule has 24 nitrogen and oxygen atoms in total. The van der Waals surface area contributed by atoms with Crippen LogP contribution in [0.1, 0.15) is 0 Å². The quantitative estimate of drug-likeness (QED) is 0.0937. The molecule has 36 heteroatoms. The molecule has 0 bridgehead atoms. The van der Waals surface area contributed by atoms with Crippen LogP contribution in [0.25, 0.3) is 0 Å². The molecule has 0 amide bonds. The van der Waals surface area contributed by atoms with Crippen molar-refractivity contribution < 1.29 is 86.2 Å². The molecule has 0 saturated carbocycles. The molecule has 0 rings (SSSR count). The van der Waals surface area contributed by atoms with Crippen molar-refractivity contribution in [3.63, 3.8) is 0 Å². The summed E-state index contributed by atoms with van der Waals surface area (Å²) in [5.41, 5.74) is 0. The molecule has 0 fully saturated rings. The van der Waals surface area contributed by atoms with Crippen LogP contribution in [-0.4, -0.2) is 105 Å². The highest BCUT2D eigenvalue weighted by Gasteiger charge is 1.99. The molecule has 0 heterocycles. The average Bonchev–Trinajstić information content (AvgIpc) is 2.08. The summed E-state index contributed by atoms with van der Waals surface area (Å²) in [6.45, 7) is 0. The molecule has 0 spiro atoms. The zero-order chi connectivity index (χ0) is 21.5. The van der Waals surface area contributed by atoms with E-state index in [0.717, 1.165) is 0 Å². The molecule has 0 aliphatic rings. The molecule has 36 heavy (non-hydrogen) atoms. The Morgan fingerprint density at radius 3 is 0.194 bits per heavy atom. The van der Waals surface area contributed by atoms with Gasteiger partial charge < -0.3 is 134 Å². The third-order valence-electron chi connectivity index (χ3n) is 0. The smallest absolute Gasteiger partial charge is 0.398 e. The number of hydrogen-bond acceptors (Lipinski definition) is 24. The summed E-state index contributed by atoms with van der Waals surface area (Å²) in [4.78, 5) is 0. The number of halogens is 6. The minimum absolute atomic E-state index is 0. The fourth-order valence-electron chi connectivity index (χ4n) is 0. The average molecular weight is 587 g/mol. The van der Waals surface area contributed by atoms with Gasteiger partial charge in [-0.15, -0.1) is 0 Å². The van der Waals surface area contributed by atoms with Crippen LogP contribution in [0.3, 0.4) is 0 Å². The molecule has 0 aromatic rings.